The fraction of sp³-hybridized carbons (Fsp3) is 0.814. The van der Waals surface area contributed by atoms with Crippen LogP contribution in [-0.2, 0) is 4.79 Å². The average molecular weight is 881 g/mol. The summed E-state index contributed by atoms with van der Waals surface area (Å²) in [6, 6.07) is -0.647. The van der Waals surface area contributed by atoms with Gasteiger partial charge in [-0.3, -0.25) is 4.79 Å². The number of amides is 1. The Balaban J connectivity index is 3.56. The Morgan fingerprint density at radius 2 is 0.667 bits per heavy atom. The number of aliphatic hydroxyl groups excluding tert-OH is 2. The van der Waals surface area contributed by atoms with Crippen LogP contribution >= 0.6 is 0 Å². The van der Waals surface area contributed by atoms with Crippen LogP contribution in [0.1, 0.15) is 290 Å². The van der Waals surface area contributed by atoms with Crippen molar-refractivity contribution in [3.05, 3.63) is 60.8 Å². The summed E-state index contributed by atoms with van der Waals surface area (Å²) >= 11 is 0. The first-order valence-corrected chi connectivity index (χ1v) is 28.0. The van der Waals surface area contributed by atoms with Crippen LogP contribution in [0.2, 0.25) is 0 Å². The number of carbonyl (C=O) groups is 1. The summed E-state index contributed by atoms with van der Waals surface area (Å²) in [6.07, 6.45) is 76.7. The molecule has 1 amide bonds. The molecular formula is C59H109NO3. The monoisotopic (exact) mass is 880 g/mol. The molecule has 4 nitrogen and oxygen atoms in total. The molecule has 0 radical (unpaired) electrons. The molecule has 0 aliphatic carbocycles. The molecule has 0 aliphatic heterocycles. The lowest BCUT2D eigenvalue weighted by atomic mass is 10.0. The van der Waals surface area contributed by atoms with Gasteiger partial charge >= 0.3 is 0 Å². The highest BCUT2D eigenvalue weighted by Crippen LogP contribution is 2.16. The van der Waals surface area contributed by atoms with Crippen molar-refractivity contribution in [2.75, 3.05) is 6.61 Å². The quantitative estimate of drug-likeness (QED) is 0.0421. The summed E-state index contributed by atoms with van der Waals surface area (Å²) in [4.78, 5) is 12.5. The van der Waals surface area contributed by atoms with Crippen molar-refractivity contribution in [1.82, 2.24) is 5.32 Å². The van der Waals surface area contributed by atoms with Gasteiger partial charge in [0.25, 0.3) is 0 Å². The standard InChI is InChI=1S/C59H109NO3/c1-3-5-7-9-11-13-15-17-19-21-23-25-27-28-29-30-31-33-34-36-38-40-42-44-46-48-50-52-54-58(62)57(56-61)60-59(63)55-53-51-49-47-45-43-41-39-37-35-32-26-24-22-20-18-16-14-12-10-8-6-4-2/h16,18,22,24,32,35,44,46,52,54,57-58,61-62H,3-15,17,19-21,23,25-31,33-34,36-43,45,47-51,53,55-56H2,1-2H3,(H,60,63)/b18-16-,24-22-,35-32-,46-44+,54-52+. The Morgan fingerprint density at radius 3 is 1.03 bits per heavy atom. The number of hydrogen-bond donors (Lipinski definition) is 3. The Labute approximate surface area is 394 Å². The minimum absolute atomic E-state index is 0.0799. The van der Waals surface area contributed by atoms with Crippen LogP contribution < -0.4 is 5.32 Å². The van der Waals surface area contributed by atoms with Crippen LogP contribution in [0.25, 0.3) is 0 Å². The maximum atomic E-state index is 12.5. The van der Waals surface area contributed by atoms with Crippen LogP contribution in [0.3, 0.4) is 0 Å². The maximum absolute atomic E-state index is 12.5. The first-order valence-electron chi connectivity index (χ1n) is 28.0. The number of rotatable bonds is 51. The molecule has 0 fully saturated rings. The molecule has 0 aromatic heterocycles. The van der Waals surface area contributed by atoms with E-state index < -0.39 is 12.1 Å². The average Bonchev–Trinajstić information content (AvgIpc) is 3.29. The Bertz CT molecular complexity index is 1040. The lowest BCUT2D eigenvalue weighted by molar-refractivity contribution is -0.123. The zero-order valence-corrected chi connectivity index (χ0v) is 42.3. The second-order valence-corrected chi connectivity index (χ2v) is 19.0. The SMILES string of the molecule is CCCCCCC/C=C\C/C=C\C/C=C\CCCCCCCCCCC(=O)NC(CO)C(O)/C=C/CC/C=C/CCCCCCCCCCCCCCCCCCCCCCCC. The lowest BCUT2D eigenvalue weighted by Gasteiger charge is -2.19. The van der Waals surface area contributed by atoms with Gasteiger partial charge in [-0.2, -0.15) is 0 Å². The molecule has 0 saturated heterocycles. The lowest BCUT2D eigenvalue weighted by Crippen LogP contribution is -2.45. The molecule has 0 saturated carbocycles. The summed E-state index contributed by atoms with van der Waals surface area (Å²) in [5.74, 6) is -0.0799. The molecule has 0 aromatic rings. The molecule has 0 rings (SSSR count). The van der Waals surface area contributed by atoms with Crippen LogP contribution in [0.5, 0.6) is 0 Å². The number of allylic oxidation sites excluding steroid dienone is 9. The van der Waals surface area contributed by atoms with E-state index in [1.807, 2.05) is 6.08 Å². The molecule has 63 heavy (non-hydrogen) atoms. The second kappa shape index (κ2) is 54.4. The normalized spacial score (nSPS) is 13.3. The van der Waals surface area contributed by atoms with E-state index in [0.717, 1.165) is 51.4 Å². The summed E-state index contributed by atoms with van der Waals surface area (Å²) in [6.45, 7) is 4.30. The Kier molecular flexibility index (Phi) is 52.8. The third-order valence-electron chi connectivity index (χ3n) is 12.7. The molecule has 2 unspecified atom stereocenters. The summed E-state index contributed by atoms with van der Waals surface area (Å²) in [5.41, 5.74) is 0. The first kappa shape index (κ1) is 61.1. The van der Waals surface area contributed by atoms with E-state index in [4.69, 9.17) is 0 Å². The van der Waals surface area contributed by atoms with E-state index in [9.17, 15) is 15.0 Å². The van der Waals surface area contributed by atoms with Crippen LogP contribution in [0, 0.1) is 0 Å². The van der Waals surface area contributed by atoms with E-state index in [2.05, 4.69) is 67.8 Å². The molecule has 0 aromatic carbocycles. The number of aliphatic hydroxyl groups is 2. The molecule has 0 spiro atoms. The molecule has 0 aliphatic rings. The van der Waals surface area contributed by atoms with Crippen LogP contribution in [0.4, 0.5) is 0 Å². The van der Waals surface area contributed by atoms with Gasteiger partial charge in [0.2, 0.25) is 5.91 Å². The van der Waals surface area contributed by atoms with Gasteiger partial charge in [-0.05, 0) is 70.6 Å². The minimum atomic E-state index is -0.869. The fourth-order valence-corrected chi connectivity index (χ4v) is 8.44. The molecule has 368 valence electrons. The van der Waals surface area contributed by atoms with E-state index in [0.29, 0.717) is 6.42 Å². The maximum Gasteiger partial charge on any atom is 0.220 e. The summed E-state index contributed by atoms with van der Waals surface area (Å²) in [5, 5.41) is 23.1. The highest BCUT2D eigenvalue weighted by Gasteiger charge is 2.18. The van der Waals surface area contributed by atoms with E-state index >= 15 is 0 Å². The van der Waals surface area contributed by atoms with E-state index in [1.165, 1.54) is 218 Å². The number of nitrogens with one attached hydrogen (secondary N) is 1. The molecule has 2 atom stereocenters. The molecular weight excluding hydrogens is 771 g/mol. The van der Waals surface area contributed by atoms with Gasteiger partial charge in [0.05, 0.1) is 18.8 Å². The van der Waals surface area contributed by atoms with Crippen molar-refractivity contribution in [2.24, 2.45) is 0 Å². The van der Waals surface area contributed by atoms with Gasteiger partial charge < -0.3 is 15.5 Å². The summed E-state index contributed by atoms with van der Waals surface area (Å²) < 4.78 is 0. The van der Waals surface area contributed by atoms with E-state index in [1.54, 1.807) is 6.08 Å². The van der Waals surface area contributed by atoms with Crippen molar-refractivity contribution >= 4 is 5.91 Å². The highest BCUT2D eigenvalue weighted by atomic mass is 16.3. The molecule has 4 heteroatoms. The first-order chi connectivity index (χ1) is 31.2. The fourth-order valence-electron chi connectivity index (χ4n) is 8.44. The van der Waals surface area contributed by atoms with Crippen molar-refractivity contribution < 1.29 is 15.0 Å². The molecule has 0 bridgehead atoms. The van der Waals surface area contributed by atoms with E-state index in [-0.39, 0.29) is 12.5 Å². The van der Waals surface area contributed by atoms with Gasteiger partial charge in [-0.25, -0.2) is 0 Å². The van der Waals surface area contributed by atoms with Crippen LogP contribution in [0.15, 0.2) is 60.8 Å². The zero-order valence-electron chi connectivity index (χ0n) is 42.3. The third kappa shape index (κ3) is 50.9. The second-order valence-electron chi connectivity index (χ2n) is 19.0. The predicted molar refractivity (Wildman–Crippen MR) is 281 cm³/mol. The molecule has 3 N–H and O–H groups in total. The smallest absolute Gasteiger partial charge is 0.220 e. The van der Waals surface area contributed by atoms with Crippen molar-refractivity contribution in [1.29, 1.82) is 0 Å². The van der Waals surface area contributed by atoms with Gasteiger partial charge in [-0.1, -0.05) is 274 Å². The van der Waals surface area contributed by atoms with Crippen molar-refractivity contribution in [2.45, 2.75) is 302 Å². The van der Waals surface area contributed by atoms with Crippen molar-refractivity contribution in [3.8, 4) is 0 Å². The molecule has 0 heterocycles. The Morgan fingerprint density at radius 1 is 0.381 bits per heavy atom. The highest BCUT2D eigenvalue weighted by molar-refractivity contribution is 5.76. The largest absolute Gasteiger partial charge is 0.394 e. The van der Waals surface area contributed by atoms with Gasteiger partial charge in [0.15, 0.2) is 0 Å². The minimum Gasteiger partial charge on any atom is -0.394 e. The predicted octanol–water partition coefficient (Wildman–Crippen LogP) is 18.4. The Hall–Kier alpha value is -1.91. The van der Waals surface area contributed by atoms with Gasteiger partial charge in [0, 0.05) is 6.42 Å². The van der Waals surface area contributed by atoms with Gasteiger partial charge in [0.1, 0.15) is 0 Å². The number of hydrogen-bond acceptors (Lipinski definition) is 3. The number of carbonyl (C=O) groups excluding carboxylic acids is 1. The topological polar surface area (TPSA) is 69.6 Å². The van der Waals surface area contributed by atoms with Crippen molar-refractivity contribution in [3.63, 3.8) is 0 Å². The van der Waals surface area contributed by atoms with Crippen LogP contribution in [-0.4, -0.2) is 34.9 Å². The van der Waals surface area contributed by atoms with Gasteiger partial charge in [-0.15, -0.1) is 0 Å². The zero-order chi connectivity index (χ0) is 45.6. The number of unbranched alkanes of at least 4 members (excludes halogenated alkanes) is 36. The third-order valence-corrected chi connectivity index (χ3v) is 12.7. The summed E-state index contributed by atoms with van der Waals surface area (Å²) in [7, 11) is 0.